The lowest BCUT2D eigenvalue weighted by Crippen LogP contribution is -2.33. The molecular formula is C60H55Cl2F2N5O9. The number of hydrogen-bond donors (Lipinski definition) is 4. The second-order valence-corrected chi connectivity index (χ2v) is 21.0. The molecule has 2 atom stereocenters. The van der Waals surface area contributed by atoms with Gasteiger partial charge in [0.05, 0.1) is 52.5 Å². The lowest BCUT2D eigenvalue weighted by Gasteiger charge is -2.27. The van der Waals surface area contributed by atoms with E-state index in [1.165, 1.54) is 44.6 Å². The van der Waals surface area contributed by atoms with E-state index in [0.29, 0.717) is 42.0 Å². The molecule has 0 bridgehead atoms. The molecule has 2 spiro atoms. The van der Waals surface area contributed by atoms with E-state index in [1.807, 2.05) is 48.5 Å². The van der Waals surface area contributed by atoms with Crippen LogP contribution in [0.4, 0.5) is 31.5 Å². The number of para-hydroxylation sites is 2. The number of oxime groups is 1. The lowest BCUT2D eigenvalue weighted by atomic mass is 9.77. The maximum absolute atomic E-state index is 13.9. The first-order valence-electron chi connectivity index (χ1n) is 25.3. The van der Waals surface area contributed by atoms with Gasteiger partial charge in [-0.05, 0) is 171 Å². The van der Waals surface area contributed by atoms with Crippen LogP contribution in [0, 0.1) is 22.5 Å². The number of carboxylic acids is 1. The number of nitrogens with zero attached hydrogens (tertiary/aromatic N) is 3. The quantitative estimate of drug-likeness (QED) is 0.0621. The minimum Gasteiger partial charge on any atom is -0.495 e. The van der Waals surface area contributed by atoms with Crippen molar-refractivity contribution in [1.82, 2.24) is 0 Å². The fraction of sp³-hybridized carbons (Fsp3) is 0.267. The predicted octanol–water partition coefficient (Wildman–Crippen LogP) is 12.8. The number of carboxylic acid groups (broad SMARTS) is 1. The molecule has 2 fully saturated rings. The number of hydrogen-bond acceptors (Lipinski definition) is 9. The van der Waals surface area contributed by atoms with Gasteiger partial charge in [-0.3, -0.25) is 19.2 Å². The Morgan fingerprint density at radius 1 is 0.603 bits per heavy atom. The number of aliphatic carboxylic acids is 1. The Bertz CT molecular complexity index is 3430. The molecule has 6 aromatic rings. The Labute approximate surface area is 459 Å². The standard InChI is InChI=1S/C31H28ClFN2O5.C29H27ClFN3O4/c1-40-27-15-20(6-9-25(27)34-29(38)23-16-22(33)7-8-24(23)32)30(39)35-13-12-31(11-10-19(17-31)14-28(36)37)18-21-4-2-3-5-26(21)35;1-38-26-14-18(6-9-24(26)32-27(35)22-15-20(31)7-8-23(22)30)28(36)34-13-12-29(11-10-21(17-29)33-37)16-19-4-2-3-5-25(19)34/h2-9,14-16H,10-13,17-18H2,1H3,(H,34,38)(H,36,37);2-9,14-15,37H,10-13,16-17H2,1H3,(H,32,35)/t31-;29-/m10/s1. The van der Waals surface area contributed by atoms with Gasteiger partial charge in [0.15, 0.2) is 0 Å². The lowest BCUT2D eigenvalue weighted by molar-refractivity contribution is -0.131. The molecule has 10 rings (SSSR count). The molecular weight excluding hydrogens is 1040 g/mol. The van der Waals surface area contributed by atoms with Crippen molar-refractivity contribution in [2.24, 2.45) is 16.0 Å². The number of rotatable bonds is 9. The molecule has 2 aliphatic carbocycles. The van der Waals surface area contributed by atoms with Crippen LogP contribution in [-0.4, -0.2) is 72.9 Å². The van der Waals surface area contributed by atoms with E-state index in [2.05, 4.69) is 15.8 Å². The summed E-state index contributed by atoms with van der Waals surface area (Å²) in [5.74, 6) is -3.14. The van der Waals surface area contributed by atoms with Gasteiger partial charge in [0, 0.05) is 41.7 Å². The average Bonchev–Trinajstić information content (AvgIpc) is 3.96. The smallest absolute Gasteiger partial charge is 0.328 e. The number of nitrogens with one attached hydrogen (secondary N) is 2. The van der Waals surface area contributed by atoms with Gasteiger partial charge >= 0.3 is 5.97 Å². The topological polar surface area (TPSA) is 187 Å². The van der Waals surface area contributed by atoms with E-state index in [0.717, 1.165) is 104 Å². The molecule has 2 heterocycles. The molecule has 78 heavy (non-hydrogen) atoms. The van der Waals surface area contributed by atoms with Crippen molar-refractivity contribution in [2.75, 3.05) is 47.7 Å². The van der Waals surface area contributed by atoms with Gasteiger partial charge in [0.25, 0.3) is 23.6 Å². The third kappa shape index (κ3) is 11.9. The number of carbonyl (C=O) groups is 5. The first kappa shape index (κ1) is 54.7. The van der Waals surface area contributed by atoms with Crippen molar-refractivity contribution < 1.29 is 52.5 Å². The first-order valence-corrected chi connectivity index (χ1v) is 26.1. The molecule has 4 aliphatic rings. The number of anilines is 4. The zero-order chi connectivity index (χ0) is 55.3. The van der Waals surface area contributed by atoms with Crippen molar-refractivity contribution >= 4 is 81.3 Å². The highest BCUT2D eigenvalue weighted by Crippen LogP contribution is 2.50. The fourth-order valence-electron chi connectivity index (χ4n) is 11.3. The predicted molar refractivity (Wildman–Crippen MR) is 295 cm³/mol. The Morgan fingerprint density at radius 3 is 1.51 bits per heavy atom. The summed E-state index contributed by atoms with van der Waals surface area (Å²) in [6.07, 6.45) is 9.14. The summed E-state index contributed by atoms with van der Waals surface area (Å²) in [6.45, 7) is 1.00. The molecule has 18 heteroatoms. The Hall–Kier alpha value is -8.08. The van der Waals surface area contributed by atoms with Crippen LogP contribution in [0.5, 0.6) is 11.5 Å². The number of ether oxygens (including phenoxy) is 2. The van der Waals surface area contributed by atoms with Crippen LogP contribution in [0.1, 0.15) is 104 Å². The Balaban J connectivity index is 0.000000190. The fourth-order valence-corrected chi connectivity index (χ4v) is 11.7. The normalized spacial score (nSPS) is 19.5. The monoisotopic (exact) mass is 1100 g/mol. The van der Waals surface area contributed by atoms with Crippen molar-refractivity contribution in [3.63, 3.8) is 0 Å². The highest BCUT2D eigenvalue weighted by atomic mass is 35.5. The number of allylic oxidation sites excluding steroid dienone is 1. The molecule has 2 aliphatic heterocycles. The second kappa shape index (κ2) is 23.3. The van der Waals surface area contributed by atoms with Gasteiger partial charge in [-0.1, -0.05) is 70.3 Å². The maximum atomic E-state index is 13.9. The minimum absolute atomic E-state index is 0.00899. The van der Waals surface area contributed by atoms with Crippen LogP contribution in [-0.2, 0) is 17.6 Å². The number of methoxy groups -OCH3 is 2. The van der Waals surface area contributed by atoms with E-state index < -0.39 is 29.4 Å². The van der Waals surface area contributed by atoms with Crippen molar-refractivity contribution in [3.05, 3.63) is 188 Å². The molecule has 14 nitrogen and oxygen atoms in total. The van der Waals surface area contributed by atoms with Crippen LogP contribution in [0.2, 0.25) is 10.0 Å². The molecule has 0 unspecified atom stereocenters. The molecule has 402 valence electrons. The van der Waals surface area contributed by atoms with E-state index >= 15 is 0 Å². The van der Waals surface area contributed by atoms with Crippen LogP contribution in [0.25, 0.3) is 0 Å². The Morgan fingerprint density at radius 2 is 1.06 bits per heavy atom. The summed E-state index contributed by atoms with van der Waals surface area (Å²) in [7, 11) is 2.88. The largest absolute Gasteiger partial charge is 0.495 e. The number of benzene rings is 6. The molecule has 2 saturated carbocycles. The summed E-state index contributed by atoms with van der Waals surface area (Å²) in [6, 6.07) is 32.3. The molecule has 0 saturated heterocycles. The molecule has 0 radical (unpaired) electrons. The highest BCUT2D eigenvalue weighted by molar-refractivity contribution is 6.35. The highest BCUT2D eigenvalue weighted by Gasteiger charge is 2.42. The molecule has 4 amide bonds. The van der Waals surface area contributed by atoms with E-state index in [9.17, 15) is 43.1 Å². The van der Waals surface area contributed by atoms with Gasteiger partial charge in [-0.25, -0.2) is 13.6 Å². The number of carbonyl (C=O) groups excluding carboxylic acids is 4. The molecule has 6 aromatic carbocycles. The average molecular weight is 1100 g/mol. The van der Waals surface area contributed by atoms with Crippen molar-refractivity contribution in [2.45, 2.75) is 64.2 Å². The van der Waals surface area contributed by atoms with Gasteiger partial charge < -0.3 is 40.2 Å². The van der Waals surface area contributed by atoms with E-state index in [1.54, 1.807) is 46.2 Å². The van der Waals surface area contributed by atoms with Gasteiger partial charge in [-0.2, -0.15) is 0 Å². The maximum Gasteiger partial charge on any atom is 0.328 e. The van der Waals surface area contributed by atoms with Crippen LogP contribution in [0.3, 0.4) is 0 Å². The van der Waals surface area contributed by atoms with Crippen LogP contribution in [0.15, 0.2) is 138 Å². The summed E-state index contributed by atoms with van der Waals surface area (Å²) < 4.78 is 38.3. The summed E-state index contributed by atoms with van der Waals surface area (Å²) in [5.41, 5.74) is 6.81. The molecule has 4 N–H and O–H groups in total. The van der Waals surface area contributed by atoms with Crippen molar-refractivity contribution in [1.29, 1.82) is 0 Å². The Kier molecular flexibility index (Phi) is 16.3. The number of amides is 4. The summed E-state index contributed by atoms with van der Waals surface area (Å²) in [4.78, 5) is 68.0. The van der Waals surface area contributed by atoms with Crippen molar-refractivity contribution in [3.8, 4) is 11.5 Å². The van der Waals surface area contributed by atoms with Gasteiger partial charge in [-0.15, -0.1) is 0 Å². The zero-order valence-electron chi connectivity index (χ0n) is 42.7. The van der Waals surface area contributed by atoms with Gasteiger partial charge in [0.1, 0.15) is 23.1 Å². The minimum atomic E-state index is -0.925. The second-order valence-electron chi connectivity index (χ2n) is 20.2. The third-order valence-corrected chi connectivity index (χ3v) is 15.9. The summed E-state index contributed by atoms with van der Waals surface area (Å²) >= 11 is 12.1. The van der Waals surface area contributed by atoms with Gasteiger partial charge in [0.2, 0.25) is 0 Å². The SMILES string of the molecule is COc1cc(C(=O)N2CC[C@@]3(CCC(=CC(=O)O)C3)Cc3ccccc32)ccc1NC(=O)c1cc(F)ccc1Cl.COc1cc(C(=O)N2CC[C@@]3(CCC(=NO)C3)Cc3ccccc32)ccc1NC(=O)c1cc(F)ccc1Cl. The third-order valence-electron chi connectivity index (χ3n) is 15.2. The van der Waals surface area contributed by atoms with E-state index in [4.69, 9.17) is 32.7 Å². The van der Waals surface area contributed by atoms with E-state index in [-0.39, 0.29) is 55.3 Å². The number of halogens is 4. The summed E-state index contributed by atoms with van der Waals surface area (Å²) in [5, 5.41) is 27.6. The molecule has 0 aromatic heterocycles. The first-order chi connectivity index (χ1) is 37.5. The number of fused-ring (bicyclic) bond motifs is 2. The van der Waals surface area contributed by atoms with Crippen LogP contribution < -0.4 is 29.9 Å². The van der Waals surface area contributed by atoms with Crippen LogP contribution >= 0.6 is 23.2 Å². The zero-order valence-corrected chi connectivity index (χ0v) is 44.2.